The van der Waals surface area contributed by atoms with Crippen LogP contribution >= 0.6 is 0 Å². The fourth-order valence-corrected chi connectivity index (χ4v) is 5.25. The summed E-state index contributed by atoms with van der Waals surface area (Å²) in [5.41, 5.74) is 4.92. The van der Waals surface area contributed by atoms with E-state index in [1.165, 1.54) is 0 Å². The van der Waals surface area contributed by atoms with E-state index in [-0.39, 0.29) is 29.3 Å². The van der Waals surface area contributed by atoms with Crippen molar-refractivity contribution < 1.29 is 14.4 Å². The fourth-order valence-electron chi connectivity index (χ4n) is 5.25. The highest BCUT2D eigenvalue weighted by Crippen LogP contribution is 2.45. The van der Waals surface area contributed by atoms with Gasteiger partial charge in [0, 0.05) is 6.54 Å². The lowest BCUT2D eigenvalue weighted by Crippen LogP contribution is -2.55. The van der Waals surface area contributed by atoms with Crippen LogP contribution in [0.4, 0.5) is 4.79 Å². The first-order chi connectivity index (χ1) is 13.2. The lowest BCUT2D eigenvalue weighted by atomic mass is 9.65. The number of hydrogen-bond donors (Lipinski definition) is 3. The maximum Gasteiger partial charge on any atom is 0.325 e. The van der Waals surface area contributed by atoms with Gasteiger partial charge in [0.1, 0.15) is 12.1 Å². The van der Waals surface area contributed by atoms with E-state index >= 15 is 0 Å². The molecule has 0 aromatic carbocycles. The summed E-state index contributed by atoms with van der Waals surface area (Å²) in [6, 6.07) is -0.443. The average Bonchev–Trinajstić information content (AvgIpc) is 3.22. The Hall–Kier alpha value is -1.63. The van der Waals surface area contributed by atoms with Gasteiger partial charge in [-0.15, -0.1) is 0 Å². The molecule has 1 spiro atoms. The second-order valence-electron chi connectivity index (χ2n) is 9.76. The van der Waals surface area contributed by atoms with Gasteiger partial charge in [0.2, 0.25) is 5.91 Å². The Morgan fingerprint density at radius 2 is 1.82 bits per heavy atom. The molecule has 3 fully saturated rings. The molecular formula is C21H36N4O3. The van der Waals surface area contributed by atoms with E-state index in [1.54, 1.807) is 0 Å². The van der Waals surface area contributed by atoms with Crippen LogP contribution in [-0.4, -0.2) is 46.9 Å². The number of amides is 4. The molecule has 0 bridgehead atoms. The minimum absolute atomic E-state index is 0.224. The molecule has 7 heteroatoms. The lowest BCUT2D eigenvalue weighted by molar-refractivity contribution is -0.136. The molecule has 1 saturated heterocycles. The molecule has 28 heavy (non-hydrogen) atoms. The molecule has 0 atom stereocenters. The Bertz CT molecular complexity index is 632. The number of nitrogens with two attached hydrogens (primary N) is 1. The first-order valence-corrected chi connectivity index (χ1v) is 10.8. The smallest absolute Gasteiger partial charge is 0.325 e. The number of nitrogens with zero attached hydrogens (tertiary/aromatic N) is 1. The van der Waals surface area contributed by atoms with Crippen LogP contribution in [0.25, 0.3) is 0 Å². The largest absolute Gasteiger partial charge is 0.348 e. The second-order valence-corrected chi connectivity index (χ2v) is 9.76. The Labute approximate surface area is 168 Å². The summed E-state index contributed by atoms with van der Waals surface area (Å²) in [6.07, 6.45) is 8.03. The zero-order valence-electron chi connectivity index (χ0n) is 17.6. The molecule has 3 rings (SSSR count). The molecular weight excluding hydrogens is 356 g/mol. The third-order valence-corrected chi connectivity index (χ3v) is 7.76. The predicted molar refractivity (Wildman–Crippen MR) is 107 cm³/mol. The number of carbonyl (C=O) groups is 3. The molecule has 7 nitrogen and oxygen atoms in total. The van der Waals surface area contributed by atoms with Crippen molar-refractivity contribution in [1.29, 1.82) is 0 Å². The Balaban J connectivity index is 1.62. The normalized spacial score (nSPS) is 30.0. The van der Waals surface area contributed by atoms with E-state index in [2.05, 4.69) is 31.4 Å². The quantitative estimate of drug-likeness (QED) is 0.603. The second kappa shape index (κ2) is 7.65. The van der Waals surface area contributed by atoms with Crippen molar-refractivity contribution in [2.45, 2.75) is 89.6 Å². The fraction of sp³-hybridized carbons (Fsp3) is 0.857. The molecule has 2 aliphatic carbocycles. The van der Waals surface area contributed by atoms with Crippen molar-refractivity contribution in [1.82, 2.24) is 15.5 Å². The van der Waals surface area contributed by atoms with Crippen LogP contribution < -0.4 is 16.4 Å². The van der Waals surface area contributed by atoms with Gasteiger partial charge in [-0.25, -0.2) is 4.79 Å². The van der Waals surface area contributed by atoms with E-state index < -0.39 is 11.6 Å². The highest BCUT2D eigenvalue weighted by molar-refractivity contribution is 6.09. The first kappa shape index (κ1) is 21.1. The van der Waals surface area contributed by atoms with E-state index in [0.29, 0.717) is 25.3 Å². The summed E-state index contributed by atoms with van der Waals surface area (Å²) in [7, 11) is 0. The van der Waals surface area contributed by atoms with Crippen LogP contribution in [-0.2, 0) is 9.59 Å². The maximum atomic E-state index is 13.1. The van der Waals surface area contributed by atoms with Gasteiger partial charge in [-0.05, 0) is 49.9 Å². The van der Waals surface area contributed by atoms with Crippen molar-refractivity contribution in [3.8, 4) is 0 Å². The molecule has 2 saturated carbocycles. The average molecular weight is 393 g/mol. The molecule has 1 heterocycles. The molecule has 158 valence electrons. The van der Waals surface area contributed by atoms with Crippen molar-refractivity contribution in [2.75, 3.05) is 13.1 Å². The van der Waals surface area contributed by atoms with Crippen LogP contribution in [0.1, 0.15) is 78.6 Å². The standard InChI is InChI=1S/C21H36N4O3/c1-4-19(2,3)15-7-11-21(12-8-15)17(27)25(18(28)24-21)13-16(26)23-20(14-22)9-5-6-10-20/h15H,4-14,22H2,1-3H3,(H,23,26)(H,24,28). The number of nitrogens with one attached hydrogen (secondary N) is 2. The number of urea groups is 1. The summed E-state index contributed by atoms with van der Waals surface area (Å²) in [4.78, 5) is 39.2. The van der Waals surface area contributed by atoms with Crippen LogP contribution in [0.15, 0.2) is 0 Å². The molecule has 0 radical (unpaired) electrons. The van der Waals surface area contributed by atoms with Crippen molar-refractivity contribution in [3.05, 3.63) is 0 Å². The van der Waals surface area contributed by atoms with E-state index in [9.17, 15) is 14.4 Å². The number of carbonyl (C=O) groups excluding carboxylic acids is 3. The van der Waals surface area contributed by atoms with E-state index in [0.717, 1.165) is 49.8 Å². The SMILES string of the molecule is CCC(C)(C)C1CCC2(CC1)NC(=O)N(CC(=O)NC1(CN)CCCC1)C2=O. The van der Waals surface area contributed by atoms with E-state index in [1.807, 2.05) is 0 Å². The molecule has 4 N–H and O–H groups in total. The predicted octanol–water partition coefficient (Wildman–Crippen LogP) is 2.29. The number of hydrogen-bond acceptors (Lipinski definition) is 4. The summed E-state index contributed by atoms with van der Waals surface area (Å²) in [5.74, 6) is 0.0132. The molecule has 3 aliphatic rings. The third kappa shape index (κ3) is 3.78. The van der Waals surface area contributed by atoms with Gasteiger partial charge in [-0.1, -0.05) is 40.0 Å². The molecule has 0 unspecified atom stereocenters. The minimum Gasteiger partial charge on any atom is -0.348 e. The lowest BCUT2D eigenvalue weighted by Gasteiger charge is -2.42. The number of imide groups is 1. The van der Waals surface area contributed by atoms with Crippen molar-refractivity contribution >= 4 is 17.8 Å². The van der Waals surface area contributed by atoms with Crippen LogP contribution in [0.5, 0.6) is 0 Å². The highest BCUT2D eigenvalue weighted by Gasteiger charge is 2.54. The summed E-state index contributed by atoms with van der Waals surface area (Å²) in [5, 5.41) is 5.91. The maximum absolute atomic E-state index is 13.1. The zero-order valence-corrected chi connectivity index (χ0v) is 17.6. The summed E-state index contributed by atoms with van der Waals surface area (Å²) < 4.78 is 0. The Kier molecular flexibility index (Phi) is 5.76. The van der Waals surface area contributed by atoms with Crippen LogP contribution in [0.2, 0.25) is 0 Å². The van der Waals surface area contributed by atoms with Gasteiger partial charge >= 0.3 is 6.03 Å². The summed E-state index contributed by atoms with van der Waals surface area (Å²) in [6.45, 7) is 6.91. The van der Waals surface area contributed by atoms with Crippen molar-refractivity contribution in [2.24, 2.45) is 17.1 Å². The minimum atomic E-state index is -0.823. The molecule has 1 aliphatic heterocycles. The summed E-state index contributed by atoms with van der Waals surface area (Å²) >= 11 is 0. The van der Waals surface area contributed by atoms with Gasteiger partial charge in [-0.2, -0.15) is 0 Å². The molecule has 0 aromatic rings. The third-order valence-electron chi connectivity index (χ3n) is 7.76. The molecule has 4 amide bonds. The topological polar surface area (TPSA) is 105 Å². The Morgan fingerprint density at radius 3 is 2.36 bits per heavy atom. The van der Waals surface area contributed by atoms with Gasteiger partial charge in [0.15, 0.2) is 0 Å². The monoisotopic (exact) mass is 392 g/mol. The Morgan fingerprint density at radius 1 is 1.21 bits per heavy atom. The zero-order chi connectivity index (χ0) is 20.6. The van der Waals surface area contributed by atoms with Crippen LogP contribution in [0.3, 0.4) is 0 Å². The molecule has 0 aromatic heterocycles. The van der Waals surface area contributed by atoms with Gasteiger partial charge < -0.3 is 16.4 Å². The van der Waals surface area contributed by atoms with Gasteiger partial charge in [0.25, 0.3) is 5.91 Å². The van der Waals surface area contributed by atoms with Gasteiger partial charge in [0.05, 0.1) is 5.54 Å². The van der Waals surface area contributed by atoms with E-state index in [4.69, 9.17) is 5.73 Å². The van der Waals surface area contributed by atoms with Gasteiger partial charge in [-0.3, -0.25) is 14.5 Å². The van der Waals surface area contributed by atoms with Crippen LogP contribution in [0, 0.1) is 11.3 Å². The first-order valence-electron chi connectivity index (χ1n) is 10.8. The van der Waals surface area contributed by atoms with Crippen molar-refractivity contribution in [3.63, 3.8) is 0 Å². The highest BCUT2D eigenvalue weighted by atomic mass is 16.2. The number of rotatable bonds is 6.